The number of rotatable bonds is 2. The molecule has 1 heterocycles. The molecule has 0 fully saturated rings. The Morgan fingerprint density at radius 2 is 2.33 bits per heavy atom. The first-order valence-electron chi connectivity index (χ1n) is 4.33. The van der Waals surface area contributed by atoms with E-state index in [9.17, 15) is 0 Å². The van der Waals surface area contributed by atoms with E-state index in [1.807, 2.05) is 6.07 Å². The summed E-state index contributed by atoms with van der Waals surface area (Å²) in [5, 5.41) is 8.74. The van der Waals surface area contributed by atoms with E-state index in [-0.39, 0.29) is 6.79 Å². The fourth-order valence-electron chi connectivity index (χ4n) is 1.37. The van der Waals surface area contributed by atoms with Crippen molar-refractivity contribution >= 4 is 5.57 Å². The summed E-state index contributed by atoms with van der Waals surface area (Å²) in [5.41, 5.74) is 1.05. The van der Waals surface area contributed by atoms with Crippen LogP contribution in [-0.2, 0) is 0 Å². The zero-order valence-corrected chi connectivity index (χ0v) is 8.24. The van der Waals surface area contributed by atoms with Crippen LogP contribution in [0.15, 0.2) is 18.7 Å². The van der Waals surface area contributed by atoms with Crippen LogP contribution in [0.5, 0.6) is 17.2 Å². The Morgan fingerprint density at radius 1 is 1.53 bits per heavy atom. The van der Waals surface area contributed by atoms with E-state index in [0.29, 0.717) is 28.4 Å². The standard InChI is InChI=1S/C11H9NO3/c1-7(5-12)8-3-9(13-2)11-10(4-8)14-6-15-11/h3-4H,1,6H2,2H3. The van der Waals surface area contributed by atoms with Crippen LogP contribution in [-0.4, -0.2) is 13.9 Å². The number of hydrogen-bond donors (Lipinski definition) is 0. The van der Waals surface area contributed by atoms with Gasteiger partial charge in [-0.2, -0.15) is 5.26 Å². The van der Waals surface area contributed by atoms with Gasteiger partial charge >= 0.3 is 0 Å². The zero-order valence-electron chi connectivity index (χ0n) is 8.24. The lowest BCUT2D eigenvalue weighted by Gasteiger charge is -2.06. The molecule has 1 aliphatic heterocycles. The van der Waals surface area contributed by atoms with Crippen molar-refractivity contribution in [2.24, 2.45) is 0 Å². The molecule has 0 saturated heterocycles. The molecule has 4 nitrogen and oxygen atoms in total. The van der Waals surface area contributed by atoms with Gasteiger partial charge in [-0.05, 0) is 17.7 Å². The van der Waals surface area contributed by atoms with Gasteiger partial charge in [0.25, 0.3) is 0 Å². The van der Waals surface area contributed by atoms with Crippen LogP contribution in [0.2, 0.25) is 0 Å². The minimum absolute atomic E-state index is 0.175. The van der Waals surface area contributed by atoms with Gasteiger partial charge in [0.15, 0.2) is 11.5 Å². The minimum Gasteiger partial charge on any atom is -0.493 e. The average Bonchev–Trinajstić information content (AvgIpc) is 2.74. The largest absolute Gasteiger partial charge is 0.493 e. The van der Waals surface area contributed by atoms with Gasteiger partial charge in [0.2, 0.25) is 12.5 Å². The van der Waals surface area contributed by atoms with Crippen molar-refractivity contribution < 1.29 is 14.2 Å². The SMILES string of the molecule is C=C(C#N)c1cc(OC)c2c(c1)OCO2. The summed E-state index contributed by atoms with van der Waals surface area (Å²) in [6.07, 6.45) is 0. The molecular formula is C11H9NO3. The Balaban J connectivity index is 2.53. The smallest absolute Gasteiger partial charge is 0.231 e. The predicted octanol–water partition coefficient (Wildman–Crippen LogP) is 1.96. The molecule has 0 atom stereocenters. The third kappa shape index (κ3) is 1.48. The number of nitriles is 1. The van der Waals surface area contributed by atoms with Gasteiger partial charge in [-0.3, -0.25) is 0 Å². The molecule has 1 aromatic carbocycles. The molecule has 0 bridgehead atoms. The van der Waals surface area contributed by atoms with Gasteiger partial charge in [-0.25, -0.2) is 0 Å². The van der Waals surface area contributed by atoms with Crippen molar-refractivity contribution in [1.29, 1.82) is 5.26 Å². The van der Waals surface area contributed by atoms with E-state index in [0.717, 1.165) is 0 Å². The van der Waals surface area contributed by atoms with Crippen LogP contribution in [0.4, 0.5) is 0 Å². The quantitative estimate of drug-likeness (QED) is 0.689. The summed E-state index contributed by atoms with van der Waals surface area (Å²) >= 11 is 0. The van der Waals surface area contributed by atoms with Crippen molar-refractivity contribution in [3.05, 3.63) is 24.3 Å². The Kier molecular flexibility index (Phi) is 2.22. The first-order chi connectivity index (χ1) is 7.26. The molecule has 0 N–H and O–H groups in total. The lowest BCUT2D eigenvalue weighted by molar-refractivity contribution is 0.171. The summed E-state index contributed by atoms with van der Waals surface area (Å²) in [4.78, 5) is 0. The third-order valence-corrected chi connectivity index (χ3v) is 2.14. The van der Waals surface area contributed by atoms with Crippen molar-refractivity contribution in [2.45, 2.75) is 0 Å². The number of benzene rings is 1. The molecule has 0 spiro atoms. The van der Waals surface area contributed by atoms with Crippen molar-refractivity contribution in [3.8, 4) is 23.3 Å². The number of methoxy groups -OCH3 is 1. The van der Waals surface area contributed by atoms with Crippen LogP contribution >= 0.6 is 0 Å². The first-order valence-corrected chi connectivity index (χ1v) is 4.33. The number of fused-ring (bicyclic) bond motifs is 1. The fraction of sp³-hybridized carbons (Fsp3) is 0.182. The summed E-state index contributed by atoms with van der Waals surface area (Å²) in [5.74, 6) is 1.71. The molecule has 0 saturated carbocycles. The van der Waals surface area contributed by atoms with Gasteiger partial charge in [0, 0.05) is 0 Å². The highest BCUT2D eigenvalue weighted by molar-refractivity contribution is 5.78. The Hall–Kier alpha value is -2.15. The highest BCUT2D eigenvalue weighted by Crippen LogP contribution is 2.42. The number of hydrogen-bond acceptors (Lipinski definition) is 4. The molecule has 76 valence electrons. The predicted molar refractivity (Wildman–Crippen MR) is 53.8 cm³/mol. The molecule has 1 aromatic rings. The molecule has 0 radical (unpaired) electrons. The van der Waals surface area contributed by atoms with Crippen LogP contribution in [0.3, 0.4) is 0 Å². The van der Waals surface area contributed by atoms with Crippen LogP contribution in [0.25, 0.3) is 5.57 Å². The van der Waals surface area contributed by atoms with Crippen LogP contribution in [0.1, 0.15) is 5.56 Å². The third-order valence-electron chi connectivity index (χ3n) is 2.14. The van der Waals surface area contributed by atoms with Crippen molar-refractivity contribution in [2.75, 3.05) is 13.9 Å². The maximum atomic E-state index is 8.74. The Labute approximate surface area is 87.3 Å². The van der Waals surface area contributed by atoms with Gasteiger partial charge in [0.05, 0.1) is 18.8 Å². The molecule has 0 unspecified atom stereocenters. The van der Waals surface area contributed by atoms with Crippen LogP contribution < -0.4 is 14.2 Å². The lowest BCUT2D eigenvalue weighted by Crippen LogP contribution is -1.93. The second-order valence-electron chi connectivity index (χ2n) is 3.00. The van der Waals surface area contributed by atoms with E-state index >= 15 is 0 Å². The van der Waals surface area contributed by atoms with Gasteiger partial charge < -0.3 is 14.2 Å². The van der Waals surface area contributed by atoms with Crippen molar-refractivity contribution in [3.63, 3.8) is 0 Å². The summed E-state index contributed by atoms with van der Waals surface area (Å²) < 4.78 is 15.6. The summed E-state index contributed by atoms with van der Waals surface area (Å²) in [6, 6.07) is 5.40. The highest BCUT2D eigenvalue weighted by Gasteiger charge is 2.20. The van der Waals surface area contributed by atoms with Gasteiger partial charge in [-0.15, -0.1) is 0 Å². The average molecular weight is 203 g/mol. The Bertz CT molecular complexity index is 460. The topological polar surface area (TPSA) is 51.5 Å². The van der Waals surface area contributed by atoms with Crippen LogP contribution in [0, 0.1) is 11.3 Å². The molecule has 0 amide bonds. The van der Waals surface area contributed by atoms with E-state index < -0.39 is 0 Å². The first kappa shape index (κ1) is 9.41. The molecule has 15 heavy (non-hydrogen) atoms. The molecule has 0 aliphatic carbocycles. The molecule has 2 rings (SSSR count). The van der Waals surface area contributed by atoms with E-state index in [1.165, 1.54) is 7.11 Å². The zero-order chi connectivity index (χ0) is 10.8. The molecular weight excluding hydrogens is 194 g/mol. The summed E-state index contributed by atoms with van der Waals surface area (Å²) in [7, 11) is 1.54. The maximum Gasteiger partial charge on any atom is 0.231 e. The molecule has 0 aromatic heterocycles. The number of ether oxygens (including phenoxy) is 3. The van der Waals surface area contributed by atoms with Gasteiger partial charge in [0.1, 0.15) is 0 Å². The second-order valence-corrected chi connectivity index (χ2v) is 3.00. The number of nitrogens with zero attached hydrogens (tertiary/aromatic N) is 1. The van der Waals surface area contributed by atoms with E-state index in [4.69, 9.17) is 19.5 Å². The van der Waals surface area contributed by atoms with E-state index in [2.05, 4.69) is 6.58 Å². The lowest BCUT2D eigenvalue weighted by atomic mass is 10.1. The van der Waals surface area contributed by atoms with Crippen molar-refractivity contribution in [1.82, 2.24) is 0 Å². The van der Waals surface area contributed by atoms with E-state index in [1.54, 1.807) is 12.1 Å². The summed E-state index contributed by atoms with van der Waals surface area (Å²) in [6.45, 7) is 3.81. The normalized spacial score (nSPS) is 12.0. The fourth-order valence-corrected chi connectivity index (χ4v) is 1.37. The van der Waals surface area contributed by atoms with Gasteiger partial charge in [-0.1, -0.05) is 6.58 Å². The molecule has 1 aliphatic rings. The maximum absolute atomic E-state index is 8.74. The Morgan fingerprint density at radius 3 is 3.00 bits per heavy atom. The molecule has 4 heteroatoms. The second kappa shape index (κ2) is 3.54. The minimum atomic E-state index is 0.175. The highest BCUT2D eigenvalue weighted by atomic mass is 16.7. The number of allylic oxidation sites excluding steroid dienone is 1. The monoisotopic (exact) mass is 203 g/mol.